The van der Waals surface area contributed by atoms with Crippen LogP contribution in [0.1, 0.15) is 32.1 Å². The Bertz CT molecular complexity index is 257. The molecule has 1 unspecified atom stereocenters. The first-order chi connectivity index (χ1) is 7.72. The zero-order chi connectivity index (χ0) is 11.5. The summed E-state index contributed by atoms with van der Waals surface area (Å²) in [6, 6.07) is 0.447. The number of methoxy groups -OCH3 is 1. The second-order valence-corrected chi connectivity index (χ2v) is 4.94. The van der Waals surface area contributed by atoms with Gasteiger partial charge in [0.05, 0.1) is 12.0 Å². The summed E-state index contributed by atoms with van der Waals surface area (Å²) in [5, 5.41) is 8.99. The van der Waals surface area contributed by atoms with Crippen molar-refractivity contribution in [3.05, 3.63) is 0 Å². The van der Waals surface area contributed by atoms with Crippen LogP contribution in [0.4, 0.5) is 0 Å². The van der Waals surface area contributed by atoms with Crippen molar-refractivity contribution >= 4 is 5.97 Å². The second kappa shape index (κ2) is 5.15. The van der Waals surface area contributed by atoms with Crippen LogP contribution in [0.3, 0.4) is 0 Å². The number of ether oxygens (including phenoxy) is 1. The highest BCUT2D eigenvalue weighted by Gasteiger charge is 2.36. The van der Waals surface area contributed by atoms with E-state index >= 15 is 0 Å². The van der Waals surface area contributed by atoms with E-state index in [0.29, 0.717) is 18.7 Å². The molecule has 16 heavy (non-hydrogen) atoms. The maximum atomic E-state index is 10.9. The van der Waals surface area contributed by atoms with Gasteiger partial charge in [-0.15, -0.1) is 0 Å². The average Bonchev–Trinajstić information content (AvgIpc) is 2.78. The summed E-state index contributed by atoms with van der Waals surface area (Å²) < 4.78 is 5.52. The van der Waals surface area contributed by atoms with Crippen LogP contribution < -0.4 is 0 Å². The Kier molecular flexibility index (Phi) is 3.82. The van der Waals surface area contributed by atoms with Gasteiger partial charge in [0, 0.05) is 19.7 Å². The first-order valence-electron chi connectivity index (χ1n) is 6.22. The fourth-order valence-corrected chi connectivity index (χ4v) is 3.06. The molecule has 2 aliphatic rings. The fourth-order valence-electron chi connectivity index (χ4n) is 3.06. The number of carbonyl (C=O) groups is 1. The molecule has 0 spiro atoms. The van der Waals surface area contributed by atoms with Crippen LogP contribution in [0.15, 0.2) is 0 Å². The molecule has 92 valence electrons. The van der Waals surface area contributed by atoms with Gasteiger partial charge in [-0.05, 0) is 25.8 Å². The van der Waals surface area contributed by atoms with E-state index in [9.17, 15) is 4.79 Å². The molecule has 0 radical (unpaired) electrons. The van der Waals surface area contributed by atoms with E-state index in [1.165, 1.54) is 12.8 Å². The number of nitrogens with zero attached hydrogens (tertiary/aromatic N) is 1. The fraction of sp³-hybridized carbons (Fsp3) is 0.917. The normalized spacial score (nSPS) is 36.4. The minimum atomic E-state index is -0.646. The standard InChI is InChI=1S/C12H21NO3/c1-16-11-5-3-2-4-10(11)13-7-6-9(8-13)12(14)15/h9-11H,2-8H2,1H3,(H,14,15)/t9?,10-,11-/m1/s1. The molecule has 2 fully saturated rings. The third-order valence-electron chi connectivity index (χ3n) is 4.01. The number of hydrogen-bond donors (Lipinski definition) is 1. The summed E-state index contributed by atoms with van der Waals surface area (Å²) in [6.07, 6.45) is 5.87. The number of carboxylic acid groups (broad SMARTS) is 1. The largest absolute Gasteiger partial charge is 0.481 e. The van der Waals surface area contributed by atoms with Crippen molar-refractivity contribution in [1.82, 2.24) is 4.90 Å². The van der Waals surface area contributed by atoms with Gasteiger partial charge >= 0.3 is 5.97 Å². The van der Waals surface area contributed by atoms with Crippen LogP contribution in [-0.4, -0.2) is 48.3 Å². The number of carboxylic acids is 1. The van der Waals surface area contributed by atoms with E-state index in [1.54, 1.807) is 7.11 Å². The van der Waals surface area contributed by atoms with Gasteiger partial charge < -0.3 is 9.84 Å². The van der Waals surface area contributed by atoms with E-state index in [4.69, 9.17) is 9.84 Å². The Hall–Kier alpha value is -0.610. The zero-order valence-corrected chi connectivity index (χ0v) is 9.89. The molecule has 0 aromatic rings. The lowest BCUT2D eigenvalue weighted by atomic mass is 9.91. The number of likely N-dealkylation sites (tertiary alicyclic amines) is 1. The number of aliphatic carboxylic acids is 1. The van der Waals surface area contributed by atoms with Gasteiger partial charge in [-0.1, -0.05) is 12.8 Å². The maximum Gasteiger partial charge on any atom is 0.307 e. The zero-order valence-electron chi connectivity index (χ0n) is 9.89. The van der Waals surface area contributed by atoms with Gasteiger partial charge in [0.25, 0.3) is 0 Å². The van der Waals surface area contributed by atoms with Crippen LogP contribution in [0.25, 0.3) is 0 Å². The molecule has 1 heterocycles. The van der Waals surface area contributed by atoms with E-state index in [2.05, 4.69) is 4.90 Å². The summed E-state index contributed by atoms with van der Waals surface area (Å²) in [5.41, 5.74) is 0. The van der Waals surface area contributed by atoms with Gasteiger partial charge in [-0.2, -0.15) is 0 Å². The Balaban J connectivity index is 1.94. The smallest absolute Gasteiger partial charge is 0.307 e. The lowest BCUT2D eigenvalue weighted by Crippen LogP contribution is -2.45. The molecule has 1 aliphatic carbocycles. The molecular weight excluding hydrogens is 206 g/mol. The Morgan fingerprint density at radius 1 is 1.31 bits per heavy atom. The molecular formula is C12H21NO3. The van der Waals surface area contributed by atoms with E-state index in [1.807, 2.05) is 0 Å². The Morgan fingerprint density at radius 2 is 2.06 bits per heavy atom. The quantitative estimate of drug-likeness (QED) is 0.790. The minimum Gasteiger partial charge on any atom is -0.481 e. The summed E-state index contributed by atoms with van der Waals surface area (Å²) in [4.78, 5) is 13.2. The third kappa shape index (κ3) is 2.38. The molecule has 0 bridgehead atoms. The van der Waals surface area contributed by atoms with Gasteiger partial charge in [0.2, 0.25) is 0 Å². The molecule has 4 heteroatoms. The number of rotatable bonds is 3. The van der Waals surface area contributed by atoms with E-state index < -0.39 is 5.97 Å². The van der Waals surface area contributed by atoms with Crippen LogP contribution in [0.5, 0.6) is 0 Å². The molecule has 1 saturated carbocycles. The highest BCUT2D eigenvalue weighted by atomic mass is 16.5. The average molecular weight is 227 g/mol. The van der Waals surface area contributed by atoms with Crippen LogP contribution in [0.2, 0.25) is 0 Å². The van der Waals surface area contributed by atoms with Crippen molar-refractivity contribution in [2.24, 2.45) is 5.92 Å². The van der Waals surface area contributed by atoms with E-state index in [0.717, 1.165) is 25.8 Å². The Morgan fingerprint density at radius 3 is 2.69 bits per heavy atom. The summed E-state index contributed by atoms with van der Waals surface area (Å²) >= 11 is 0. The lowest BCUT2D eigenvalue weighted by molar-refractivity contribution is -0.141. The van der Waals surface area contributed by atoms with Crippen molar-refractivity contribution in [2.75, 3.05) is 20.2 Å². The maximum absolute atomic E-state index is 10.9. The van der Waals surface area contributed by atoms with Gasteiger partial charge in [0.15, 0.2) is 0 Å². The first kappa shape index (κ1) is 11.9. The van der Waals surface area contributed by atoms with Crippen LogP contribution in [-0.2, 0) is 9.53 Å². The topological polar surface area (TPSA) is 49.8 Å². The SMILES string of the molecule is CO[C@@H]1CCCC[C@H]1N1CCC(C(=O)O)C1. The molecule has 0 amide bonds. The number of hydrogen-bond acceptors (Lipinski definition) is 3. The van der Waals surface area contributed by atoms with Crippen molar-refractivity contribution in [1.29, 1.82) is 0 Å². The molecule has 4 nitrogen and oxygen atoms in total. The summed E-state index contributed by atoms with van der Waals surface area (Å²) in [7, 11) is 1.77. The molecule has 2 rings (SSSR count). The molecule has 0 aromatic carbocycles. The summed E-state index contributed by atoms with van der Waals surface area (Å²) in [5.74, 6) is -0.813. The van der Waals surface area contributed by atoms with Crippen molar-refractivity contribution in [2.45, 2.75) is 44.2 Å². The van der Waals surface area contributed by atoms with E-state index in [-0.39, 0.29) is 5.92 Å². The third-order valence-corrected chi connectivity index (χ3v) is 4.01. The molecule has 0 aromatic heterocycles. The molecule has 1 N–H and O–H groups in total. The van der Waals surface area contributed by atoms with Gasteiger partial charge in [-0.3, -0.25) is 9.69 Å². The minimum absolute atomic E-state index is 0.167. The van der Waals surface area contributed by atoms with Crippen molar-refractivity contribution in [3.63, 3.8) is 0 Å². The lowest BCUT2D eigenvalue weighted by Gasteiger charge is -2.37. The van der Waals surface area contributed by atoms with Crippen LogP contribution in [0, 0.1) is 5.92 Å². The Labute approximate surface area is 96.6 Å². The van der Waals surface area contributed by atoms with Crippen LogP contribution >= 0.6 is 0 Å². The van der Waals surface area contributed by atoms with Crippen molar-refractivity contribution in [3.8, 4) is 0 Å². The highest BCUT2D eigenvalue weighted by Crippen LogP contribution is 2.29. The predicted octanol–water partition coefficient (Wildman–Crippen LogP) is 1.35. The van der Waals surface area contributed by atoms with Gasteiger partial charge in [-0.25, -0.2) is 0 Å². The molecule has 3 atom stereocenters. The molecule has 1 aliphatic heterocycles. The van der Waals surface area contributed by atoms with Crippen molar-refractivity contribution < 1.29 is 14.6 Å². The molecule has 1 saturated heterocycles. The monoisotopic (exact) mass is 227 g/mol. The van der Waals surface area contributed by atoms with Gasteiger partial charge in [0.1, 0.15) is 0 Å². The highest BCUT2D eigenvalue weighted by molar-refractivity contribution is 5.70. The first-order valence-corrected chi connectivity index (χ1v) is 6.22. The summed E-state index contributed by atoms with van der Waals surface area (Å²) in [6.45, 7) is 1.63. The predicted molar refractivity (Wildman–Crippen MR) is 60.4 cm³/mol. The second-order valence-electron chi connectivity index (χ2n) is 4.94.